The lowest BCUT2D eigenvalue weighted by Crippen LogP contribution is -2.41. The molecule has 0 amide bonds. The van der Waals surface area contributed by atoms with E-state index >= 15 is 0 Å². The smallest absolute Gasteiger partial charge is 0.271 e. The second kappa shape index (κ2) is 5.61. The molecule has 7 heteroatoms. The van der Waals surface area contributed by atoms with E-state index in [1.165, 1.54) is 12.1 Å². The van der Waals surface area contributed by atoms with Crippen LogP contribution in [0.4, 0.5) is 11.5 Å². The van der Waals surface area contributed by atoms with Crippen molar-refractivity contribution in [1.82, 2.24) is 15.3 Å². The van der Waals surface area contributed by atoms with Crippen LogP contribution in [0.3, 0.4) is 0 Å². The van der Waals surface area contributed by atoms with Crippen LogP contribution in [0, 0.1) is 10.1 Å². The number of nitro groups is 1. The van der Waals surface area contributed by atoms with Crippen molar-refractivity contribution in [2.75, 3.05) is 25.0 Å². The number of nitro benzene ring substituents is 1. The molecule has 0 saturated carbocycles. The molecule has 1 aromatic heterocycles. The fraction of sp³-hybridized carbons (Fsp3) is 0.429. The Morgan fingerprint density at radius 2 is 2.10 bits per heavy atom. The average Bonchev–Trinajstić information content (AvgIpc) is 2.54. The van der Waals surface area contributed by atoms with Gasteiger partial charge in [0.1, 0.15) is 5.82 Å². The predicted molar refractivity (Wildman–Crippen MR) is 80.5 cm³/mol. The molecule has 0 atom stereocenters. The lowest BCUT2D eigenvalue weighted by Gasteiger charge is -2.32. The highest BCUT2D eigenvalue weighted by molar-refractivity contribution is 5.78. The third kappa shape index (κ3) is 2.78. The maximum atomic E-state index is 10.8. The number of hydrogen-bond acceptors (Lipinski definition) is 6. The minimum absolute atomic E-state index is 0.0411. The highest BCUT2D eigenvalue weighted by Gasteiger charge is 2.19. The fourth-order valence-electron chi connectivity index (χ4n) is 2.65. The fourth-order valence-corrected chi connectivity index (χ4v) is 2.65. The van der Waals surface area contributed by atoms with Gasteiger partial charge < -0.3 is 10.2 Å². The van der Waals surface area contributed by atoms with E-state index in [-0.39, 0.29) is 5.69 Å². The summed E-state index contributed by atoms with van der Waals surface area (Å²) in [5.74, 6) is 0.839. The highest BCUT2D eigenvalue weighted by atomic mass is 16.6. The van der Waals surface area contributed by atoms with E-state index in [4.69, 9.17) is 0 Å². The van der Waals surface area contributed by atoms with Gasteiger partial charge >= 0.3 is 0 Å². The Bertz CT molecular complexity index is 667. The Morgan fingerprint density at radius 3 is 2.76 bits per heavy atom. The van der Waals surface area contributed by atoms with Gasteiger partial charge in [0.2, 0.25) is 0 Å². The van der Waals surface area contributed by atoms with Crippen LogP contribution in [-0.4, -0.2) is 41.1 Å². The molecule has 2 heterocycles. The summed E-state index contributed by atoms with van der Waals surface area (Å²) in [5.41, 5.74) is 1.28. The van der Waals surface area contributed by atoms with Crippen LogP contribution < -0.4 is 10.2 Å². The van der Waals surface area contributed by atoms with E-state index in [1.54, 1.807) is 12.3 Å². The topological polar surface area (TPSA) is 84.2 Å². The molecule has 21 heavy (non-hydrogen) atoms. The third-order valence-corrected chi connectivity index (χ3v) is 3.95. The Hall–Kier alpha value is -2.28. The van der Waals surface area contributed by atoms with Crippen LogP contribution in [0.1, 0.15) is 12.8 Å². The van der Waals surface area contributed by atoms with Crippen molar-refractivity contribution in [1.29, 1.82) is 0 Å². The first kappa shape index (κ1) is 13.7. The molecular formula is C14H17N5O2. The molecule has 0 spiro atoms. The zero-order valence-electron chi connectivity index (χ0n) is 11.8. The van der Waals surface area contributed by atoms with Crippen molar-refractivity contribution in [2.24, 2.45) is 0 Å². The van der Waals surface area contributed by atoms with Crippen molar-refractivity contribution in [2.45, 2.75) is 18.9 Å². The number of piperidine rings is 1. The number of nitrogens with zero attached hydrogens (tertiary/aromatic N) is 4. The number of nitrogens with one attached hydrogen (secondary N) is 1. The quantitative estimate of drug-likeness (QED) is 0.683. The summed E-state index contributed by atoms with van der Waals surface area (Å²) in [6.45, 7) is 1.89. The minimum Gasteiger partial charge on any atom is -0.355 e. The average molecular weight is 287 g/mol. The van der Waals surface area contributed by atoms with Crippen LogP contribution in [0.15, 0.2) is 24.4 Å². The minimum atomic E-state index is -0.419. The molecule has 0 aliphatic carbocycles. The number of fused-ring (bicyclic) bond motifs is 1. The van der Waals surface area contributed by atoms with Crippen molar-refractivity contribution >= 4 is 22.5 Å². The van der Waals surface area contributed by atoms with Gasteiger partial charge in [-0.05, 0) is 26.0 Å². The molecule has 2 aromatic rings. The first-order valence-electron chi connectivity index (χ1n) is 7.01. The number of hydrogen-bond donors (Lipinski definition) is 1. The van der Waals surface area contributed by atoms with Crippen molar-refractivity contribution in [3.05, 3.63) is 34.5 Å². The molecule has 110 valence electrons. The van der Waals surface area contributed by atoms with Gasteiger partial charge in [0.25, 0.3) is 5.69 Å². The maximum absolute atomic E-state index is 10.8. The number of non-ortho nitro benzene ring substituents is 1. The Labute approximate surface area is 122 Å². The molecule has 1 saturated heterocycles. The van der Waals surface area contributed by atoms with E-state index < -0.39 is 4.92 Å². The standard InChI is InChI=1S/C14H17N5O2/c1-15-10-4-6-18(7-5-10)14-9-16-13-8-11(19(20)21)2-3-12(13)17-14/h2-3,8-10,15H,4-7H2,1H3. The lowest BCUT2D eigenvalue weighted by atomic mass is 10.1. The molecule has 1 aliphatic rings. The second-order valence-electron chi connectivity index (χ2n) is 5.21. The van der Waals surface area contributed by atoms with Gasteiger partial charge in [0.05, 0.1) is 22.2 Å². The summed E-state index contributed by atoms with van der Waals surface area (Å²) >= 11 is 0. The van der Waals surface area contributed by atoms with Gasteiger partial charge in [-0.1, -0.05) is 0 Å². The highest BCUT2D eigenvalue weighted by Crippen LogP contribution is 2.22. The number of aromatic nitrogens is 2. The SMILES string of the molecule is CNC1CCN(c2cnc3cc([N+](=O)[O-])ccc3n2)CC1. The maximum Gasteiger partial charge on any atom is 0.271 e. The summed E-state index contributed by atoms with van der Waals surface area (Å²) in [7, 11) is 1.99. The summed E-state index contributed by atoms with van der Waals surface area (Å²) in [6.07, 6.45) is 3.86. The molecule has 7 nitrogen and oxygen atoms in total. The van der Waals surface area contributed by atoms with Gasteiger partial charge in [0, 0.05) is 31.3 Å². The van der Waals surface area contributed by atoms with Gasteiger partial charge in [-0.2, -0.15) is 0 Å². The monoisotopic (exact) mass is 287 g/mol. The van der Waals surface area contributed by atoms with Crippen LogP contribution in [0.25, 0.3) is 11.0 Å². The van der Waals surface area contributed by atoms with Crippen LogP contribution in [-0.2, 0) is 0 Å². The summed E-state index contributed by atoms with van der Waals surface area (Å²) in [6, 6.07) is 5.15. The molecule has 0 unspecified atom stereocenters. The molecule has 0 radical (unpaired) electrons. The lowest BCUT2D eigenvalue weighted by molar-refractivity contribution is -0.384. The summed E-state index contributed by atoms with van der Waals surface area (Å²) < 4.78 is 0. The molecule has 1 N–H and O–H groups in total. The number of benzene rings is 1. The Kier molecular flexibility index (Phi) is 3.66. The van der Waals surface area contributed by atoms with Gasteiger partial charge in [0.15, 0.2) is 0 Å². The first-order chi connectivity index (χ1) is 10.2. The van der Waals surface area contributed by atoms with E-state index in [2.05, 4.69) is 20.2 Å². The second-order valence-corrected chi connectivity index (χ2v) is 5.21. The molecule has 3 rings (SSSR count). The van der Waals surface area contributed by atoms with Crippen molar-refractivity contribution < 1.29 is 4.92 Å². The summed E-state index contributed by atoms with van der Waals surface area (Å²) in [5, 5.41) is 14.1. The van der Waals surface area contributed by atoms with Gasteiger partial charge in [-0.25, -0.2) is 4.98 Å². The van der Waals surface area contributed by atoms with Gasteiger partial charge in [-0.15, -0.1) is 0 Å². The van der Waals surface area contributed by atoms with Crippen LogP contribution in [0.5, 0.6) is 0 Å². The molecular weight excluding hydrogens is 270 g/mol. The zero-order chi connectivity index (χ0) is 14.8. The zero-order valence-corrected chi connectivity index (χ0v) is 11.8. The molecule has 0 bridgehead atoms. The van der Waals surface area contributed by atoms with Crippen molar-refractivity contribution in [3.63, 3.8) is 0 Å². The summed E-state index contributed by atoms with van der Waals surface area (Å²) in [4.78, 5) is 21.4. The van der Waals surface area contributed by atoms with E-state index in [0.717, 1.165) is 31.7 Å². The van der Waals surface area contributed by atoms with Crippen LogP contribution in [0.2, 0.25) is 0 Å². The number of rotatable bonds is 3. The number of anilines is 1. The van der Waals surface area contributed by atoms with E-state index in [0.29, 0.717) is 17.1 Å². The molecule has 1 aromatic carbocycles. The Morgan fingerprint density at radius 1 is 1.33 bits per heavy atom. The largest absolute Gasteiger partial charge is 0.355 e. The first-order valence-corrected chi connectivity index (χ1v) is 7.01. The van der Waals surface area contributed by atoms with E-state index in [1.807, 2.05) is 7.05 Å². The third-order valence-electron chi connectivity index (χ3n) is 3.95. The Balaban J connectivity index is 1.85. The normalized spacial score (nSPS) is 16.3. The van der Waals surface area contributed by atoms with Crippen LogP contribution >= 0.6 is 0 Å². The van der Waals surface area contributed by atoms with Gasteiger partial charge in [-0.3, -0.25) is 15.1 Å². The predicted octanol–water partition coefficient (Wildman–Crippen LogP) is 1.73. The van der Waals surface area contributed by atoms with E-state index in [9.17, 15) is 10.1 Å². The molecule has 1 fully saturated rings. The molecule has 1 aliphatic heterocycles. The van der Waals surface area contributed by atoms with Crippen molar-refractivity contribution in [3.8, 4) is 0 Å².